The fourth-order valence-corrected chi connectivity index (χ4v) is 1.96. The Morgan fingerprint density at radius 2 is 2.10 bits per heavy atom. The summed E-state index contributed by atoms with van der Waals surface area (Å²) < 4.78 is 38.0. The molecule has 0 aliphatic carbocycles. The number of halogens is 3. The van der Waals surface area contributed by atoms with Gasteiger partial charge in [0.2, 0.25) is 5.13 Å². The van der Waals surface area contributed by atoms with Gasteiger partial charge in [0.05, 0.1) is 11.1 Å². The monoisotopic (exact) mass is 302 g/mol. The predicted octanol–water partition coefficient (Wildman–Crippen LogP) is 2.85. The number of carbonyl (C=O) groups is 1. The second kappa shape index (κ2) is 5.45. The molecule has 0 unspecified atom stereocenters. The number of hydrogen-bond acceptors (Lipinski definition) is 5. The van der Waals surface area contributed by atoms with Crippen LogP contribution < -0.4 is 10.6 Å². The van der Waals surface area contributed by atoms with Crippen molar-refractivity contribution >= 4 is 28.1 Å². The number of hydrogen-bond donors (Lipinski definition) is 2. The number of carbonyl (C=O) groups excluding carboxylic acids is 1. The summed E-state index contributed by atoms with van der Waals surface area (Å²) in [7, 11) is 1.52. The number of nitrogens with one attached hydrogen (secondary N) is 2. The molecule has 1 amide bonds. The lowest BCUT2D eigenvalue weighted by atomic mass is 10.1. The van der Waals surface area contributed by atoms with Gasteiger partial charge in [-0.1, -0.05) is 11.3 Å². The first-order valence-electron chi connectivity index (χ1n) is 5.38. The van der Waals surface area contributed by atoms with E-state index >= 15 is 0 Å². The quantitative estimate of drug-likeness (QED) is 0.915. The lowest BCUT2D eigenvalue weighted by molar-refractivity contribution is -0.137. The number of nitrogens with zero attached hydrogens (tertiary/aromatic N) is 2. The zero-order chi connectivity index (χ0) is 14.8. The summed E-state index contributed by atoms with van der Waals surface area (Å²) in [6, 6.07) is 2.91. The molecule has 0 atom stereocenters. The SMILES string of the molecule is CNc1ccc(C(F)(F)F)cc1C(=O)Nc1nncs1. The Kier molecular flexibility index (Phi) is 3.89. The van der Waals surface area contributed by atoms with Crippen molar-refractivity contribution in [1.82, 2.24) is 10.2 Å². The topological polar surface area (TPSA) is 66.9 Å². The van der Waals surface area contributed by atoms with E-state index in [1.165, 1.54) is 18.6 Å². The molecular formula is C11H9F3N4OS. The van der Waals surface area contributed by atoms with Crippen molar-refractivity contribution in [3.05, 3.63) is 34.8 Å². The second-order valence-electron chi connectivity index (χ2n) is 3.71. The van der Waals surface area contributed by atoms with Crippen molar-refractivity contribution in [3.63, 3.8) is 0 Å². The Morgan fingerprint density at radius 1 is 1.35 bits per heavy atom. The van der Waals surface area contributed by atoms with Crippen LogP contribution >= 0.6 is 11.3 Å². The van der Waals surface area contributed by atoms with E-state index in [1.54, 1.807) is 0 Å². The summed E-state index contributed by atoms with van der Waals surface area (Å²) in [6.45, 7) is 0. The molecular weight excluding hydrogens is 293 g/mol. The van der Waals surface area contributed by atoms with Gasteiger partial charge in [-0.15, -0.1) is 10.2 Å². The minimum Gasteiger partial charge on any atom is -0.387 e. The molecule has 0 fully saturated rings. The fourth-order valence-electron chi connectivity index (χ4n) is 1.52. The average molecular weight is 302 g/mol. The van der Waals surface area contributed by atoms with Crippen molar-refractivity contribution in [2.75, 3.05) is 17.7 Å². The predicted molar refractivity (Wildman–Crippen MR) is 68.9 cm³/mol. The zero-order valence-corrected chi connectivity index (χ0v) is 11.0. The fraction of sp³-hybridized carbons (Fsp3) is 0.182. The standard InChI is InChI=1S/C11H9F3N4OS/c1-15-8-3-2-6(11(12,13)14)4-7(8)9(19)17-10-18-16-5-20-10/h2-5,15H,1H3,(H,17,18,19). The highest BCUT2D eigenvalue weighted by molar-refractivity contribution is 7.13. The molecule has 9 heteroatoms. The minimum atomic E-state index is -4.51. The first-order chi connectivity index (χ1) is 9.41. The molecule has 1 heterocycles. The first-order valence-corrected chi connectivity index (χ1v) is 6.26. The maximum Gasteiger partial charge on any atom is 0.416 e. The van der Waals surface area contributed by atoms with Crippen LogP contribution in [0.15, 0.2) is 23.7 Å². The van der Waals surface area contributed by atoms with Crippen LogP contribution in [0.5, 0.6) is 0 Å². The molecule has 5 nitrogen and oxygen atoms in total. The van der Waals surface area contributed by atoms with Gasteiger partial charge in [-0.25, -0.2) is 0 Å². The first kappa shape index (κ1) is 14.3. The molecule has 2 N–H and O–H groups in total. The van der Waals surface area contributed by atoms with E-state index in [-0.39, 0.29) is 10.7 Å². The van der Waals surface area contributed by atoms with E-state index in [0.29, 0.717) is 5.69 Å². The van der Waals surface area contributed by atoms with Crippen molar-refractivity contribution in [1.29, 1.82) is 0 Å². The molecule has 0 saturated heterocycles. The summed E-state index contributed by atoms with van der Waals surface area (Å²) in [5.74, 6) is -0.683. The second-order valence-corrected chi connectivity index (χ2v) is 4.54. The summed E-state index contributed by atoms with van der Waals surface area (Å²) >= 11 is 1.07. The Morgan fingerprint density at radius 3 is 2.65 bits per heavy atom. The van der Waals surface area contributed by atoms with Gasteiger partial charge in [-0.2, -0.15) is 13.2 Å². The van der Waals surface area contributed by atoms with Crippen molar-refractivity contribution in [2.24, 2.45) is 0 Å². The Bertz CT molecular complexity index is 613. The summed E-state index contributed by atoms with van der Waals surface area (Å²) in [5.41, 5.74) is 0.692. The highest BCUT2D eigenvalue weighted by atomic mass is 32.1. The van der Waals surface area contributed by atoms with E-state index in [0.717, 1.165) is 23.5 Å². The van der Waals surface area contributed by atoms with E-state index in [4.69, 9.17) is 0 Å². The van der Waals surface area contributed by atoms with Crippen LogP contribution in [0.25, 0.3) is 0 Å². The summed E-state index contributed by atoms with van der Waals surface area (Å²) in [6.07, 6.45) is -4.51. The Hall–Kier alpha value is -2.16. The van der Waals surface area contributed by atoms with Gasteiger partial charge >= 0.3 is 6.18 Å². The minimum absolute atomic E-state index is 0.113. The lowest BCUT2D eigenvalue weighted by Crippen LogP contribution is -2.16. The molecule has 0 aliphatic rings. The number of benzene rings is 1. The lowest BCUT2D eigenvalue weighted by Gasteiger charge is -2.12. The molecule has 20 heavy (non-hydrogen) atoms. The zero-order valence-electron chi connectivity index (χ0n) is 10.2. The van der Waals surface area contributed by atoms with Gasteiger partial charge in [0.1, 0.15) is 5.51 Å². The van der Waals surface area contributed by atoms with Gasteiger partial charge < -0.3 is 5.32 Å². The molecule has 0 spiro atoms. The van der Waals surface area contributed by atoms with E-state index in [9.17, 15) is 18.0 Å². The maximum absolute atomic E-state index is 12.7. The number of anilines is 2. The third-order valence-corrected chi connectivity index (χ3v) is 3.05. The molecule has 0 aliphatic heterocycles. The number of alkyl halides is 3. The van der Waals surface area contributed by atoms with E-state index in [2.05, 4.69) is 20.8 Å². The van der Waals surface area contributed by atoms with Gasteiger partial charge in [0, 0.05) is 12.7 Å². The van der Waals surface area contributed by atoms with Crippen molar-refractivity contribution in [2.45, 2.75) is 6.18 Å². The third kappa shape index (κ3) is 3.05. The van der Waals surface area contributed by atoms with Crippen LogP contribution in [0.3, 0.4) is 0 Å². The highest BCUT2D eigenvalue weighted by Gasteiger charge is 2.31. The maximum atomic E-state index is 12.7. The van der Waals surface area contributed by atoms with Gasteiger partial charge in [0.15, 0.2) is 0 Å². The van der Waals surface area contributed by atoms with Gasteiger partial charge in [-0.05, 0) is 18.2 Å². The van der Waals surface area contributed by atoms with Crippen molar-refractivity contribution in [3.8, 4) is 0 Å². The van der Waals surface area contributed by atoms with E-state index in [1.807, 2.05) is 0 Å². The van der Waals surface area contributed by atoms with Crippen LogP contribution in [0.2, 0.25) is 0 Å². The molecule has 106 valence electrons. The number of rotatable bonds is 3. The van der Waals surface area contributed by atoms with Crippen LogP contribution in [-0.2, 0) is 6.18 Å². The molecule has 1 aromatic heterocycles. The molecule has 2 aromatic rings. The van der Waals surface area contributed by atoms with Crippen LogP contribution in [0.1, 0.15) is 15.9 Å². The summed E-state index contributed by atoms with van der Waals surface area (Å²) in [4.78, 5) is 12.0. The van der Waals surface area contributed by atoms with E-state index < -0.39 is 17.6 Å². The van der Waals surface area contributed by atoms with Gasteiger partial charge in [0.25, 0.3) is 5.91 Å². The Balaban J connectivity index is 2.35. The molecule has 0 bridgehead atoms. The smallest absolute Gasteiger partial charge is 0.387 e. The molecule has 0 saturated carbocycles. The number of amides is 1. The number of aromatic nitrogens is 2. The van der Waals surface area contributed by atoms with Crippen LogP contribution in [-0.4, -0.2) is 23.2 Å². The van der Waals surface area contributed by atoms with Gasteiger partial charge in [-0.3, -0.25) is 10.1 Å². The third-order valence-electron chi connectivity index (χ3n) is 2.44. The van der Waals surface area contributed by atoms with Crippen LogP contribution in [0.4, 0.5) is 24.0 Å². The van der Waals surface area contributed by atoms with Crippen LogP contribution in [0, 0.1) is 0 Å². The Labute approximate surface area is 115 Å². The molecule has 1 aromatic carbocycles. The molecule has 2 rings (SSSR count). The highest BCUT2D eigenvalue weighted by Crippen LogP contribution is 2.32. The largest absolute Gasteiger partial charge is 0.416 e. The normalized spacial score (nSPS) is 11.2. The summed E-state index contributed by atoms with van der Waals surface area (Å²) in [5, 5.41) is 12.4. The molecule has 0 radical (unpaired) electrons. The average Bonchev–Trinajstić information content (AvgIpc) is 2.89. The van der Waals surface area contributed by atoms with Crippen molar-refractivity contribution < 1.29 is 18.0 Å².